The molecule has 0 saturated carbocycles. The molecule has 6 nitrogen and oxygen atoms in total. The number of ether oxygens (including phenoxy) is 2. The fourth-order valence-electron chi connectivity index (χ4n) is 3.58. The summed E-state index contributed by atoms with van der Waals surface area (Å²) in [4.78, 5) is 18.3. The second-order valence-corrected chi connectivity index (χ2v) is 10.8. The smallest absolute Gasteiger partial charge is 0.282 e. The van der Waals surface area contributed by atoms with Crippen LogP contribution in [-0.4, -0.2) is 23.0 Å². The SMILES string of the molecule is COc1cc(Br)cc(C=Nn2c(C(C)(C)C)nc3ccc(Br)cc3c2=O)c1OCc1ccccc1. The van der Waals surface area contributed by atoms with Crippen LogP contribution in [0.2, 0.25) is 0 Å². The van der Waals surface area contributed by atoms with E-state index in [9.17, 15) is 4.79 Å². The molecule has 0 bridgehead atoms. The third-order valence-corrected chi connectivity index (χ3v) is 6.24. The van der Waals surface area contributed by atoms with Gasteiger partial charge in [-0.05, 0) is 35.9 Å². The molecule has 0 fully saturated rings. The summed E-state index contributed by atoms with van der Waals surface area (Å²) in [5.74, 6) is 1.65. The van der Waals surface area contributed by atoms with Crippen LogP contribution in [0.25, 0.3) is 10.9 Å². The second-order valence-electron chi connectivity index (χ2n) is 9.01. The maximum absolute atomic E-state index is 13.5. The molecule has 1 heterocycles. The van der Waals surface area contributed by atoms with Crippen LogP contribution in [0.5, 0.6) is 11.5 Å². The molecule has 0 aliphatic heterocycles. The lowest BCUT2D eigenvalue weighted by molar-refractivity contribution is 0.284. The predicted octanol–water partition coefficient (Wildman–Crippen LogP) is 6.69. The predicted molar refractivity (Wildman–Crippen MR) is 147 cm³/mol. The molecule has 0 atom stereocenters. The van der Waals surface area contributed by atoms with Crippen LogP contribution in [0.1, 0.15) is 37.7 Å². The number of hydrogen-bond acceptors (Lipinski definition) is 5. The van der Waals surface area contributed by atoms with Crippen molar-refractivity contribution in [1.29, 1.82) is 0 Å². The molecule has 1 aromatic heterocycles. The minimum absolute atomic E-state index is 0.244. The van der Waals surface area contributed by atoms with E-state index < -0.39 is 5.41 Å². The first kappa shape index (κ1) is 25.1. The number of halogens is 2. The molecule has 0 unspecified atom stereocenters. The molecule has 0 amide bonds. The van der Waals surface area contributed by atoms with Gasteiger partial charge in [-0.15, -0.1) is 0 Å². The molecule has 0 aliphatic rings. The van der Waals surface area contributed by atoms with Crippen LogP contribution >= 0.6 is 31.9 Å². The Kier molecular flexibility index (Phi) is 7.42. The minimum Gasteiger partial charge on any atom is -0.493 e. The van der Waals surface area contributed by atoms with E-state index in [2.05, 4.69) is 37.0 Å². The summed E-state index contributed by atoms with van der Waals surface area (Å²) in [5.41, 5.74) is 1.65. The highest BCUT2D eigenvalue weighted by molar-refractivity contribution is 9.10. The lowest BCUT2D eigenvalue weighted by Crippen LogP contribution is -2.29. The zero-order valence-corrected chi connectivity index (χ0v) is 23.1. The lowest BCUT2D eigenvalue weighted by atomic mass is 9.95. The van der Waals surface area contributed by atoms with E-state index in [0.29, 0.717) is 40.4 Å². The summed E-state index contributed by atoms with van der Waals surface area (Å²) < 4.78 is 14.7. The van der Waals surface area contributed by atoms with E-state index in [0.717, 1.165) is 14.5 Å². The van der Waals surface area contributed by atoms with E-state index in [1.807, 2.05) is 75.4 Å². The largest absolute Gasteiger partial charge is 0.493 e. The Labute approximate surface area is 220 Å². The molecule has 4 rings (SSSR count). The Bertz CT molecular complexity index is 1460. The summed E-state index contributed by atoms with van der Waals surface area (Å²) in [6.07, 6.45) is 1.61. The number of hydrogen-bond donors (Lipinski definition) is 0. The quantitative estimate of drug-likeness (QED) is 0.232. The monoisotopic (exact) mass is 597 g/mol. The first-order valence-electron chi connectivity index (χ1n) is 11.0. The number of fused-ring (bicyclic) bond motifs is 1. The van der Waals surface area contributed by atoms with Crippen LogP contribution in [0.15, 0.2) is 79.5 Å². The van der Waals surface area contributed by atoms with Gasteiger partial charge in [0.2, 0.25) is 0 Å². The van der Waals surface area contributed by atoms with E-state index in [1.54, 1.807) is 19.4 Å². The van der Waals surface area contributed by atoms with Gasteiger partial charge >= 0.3 is 0 Å². The van der Waals surface area contributed by atoms with Gasteiger partial charge in [0.05, 0.1) is 24.2 Å². The Hall–Kier alpha value is -2.97. The maximum Gasteiger partial charge on any atom is 0.282 e. The van der Waals surface area contributed by atoms with Crippen molar-refractivity contribution in [3.8, 4) is 11.5 Å². The third kappa shape index (κ3) is 5.65. The molecule has 35 heavy (non-hydrogen) atoms. The highest BCUT2D eigenvalue weighted by Gasteiger charge is 2.23. The van der Waals surface area contributed by atoms with Crippen LogP contribution in [0.3, 0.4) is 0 Å². The van der Waals surface area contributed by atoms with Gasteiger partial charge in [0, 0.05) is 19.9 Å². The van der Waals surface area contributed by atoms with Crippen molar-refractivity contribution in [2.24, 2.45) is 5.10 Å². The molecular weight excluding hydrogens is 574 g/mol. The number of methoxy groups -OCH3 is 1. The average Bonchev–Trinajstić information content (AvgIpc) is 2.82. The molecule has 8 heteroatoms. The van der Waals surface area contributed by atoms with Gasteiger partial charge in [-0.1, -0.05) is 83.0 Å². The van der Waals surface area contributed by atoms with Crippen molar-refractivity contribution >= 4 is 49.0 Å². The normalized spacial score (nSPS) is 11.8. The zero-order valence-electron chi connectivity index (χ0n) is 19.9. The molecular formula is C27H25Br2N3O3. The minimum atomic E-state index is -0.417. The number of benzene rings is 3. The zero-order chi connectivity index (χ0) is 25.2. The first-order chi connectivity index (χ1) is 16.7. The number of nitrogens with zero attached hydrogens (tertiary/aromatic N) is 3. The van der Waals surface area contributed by atoms with Crippen molar-refractivity contribution in [2.75, 3.05) is 7.11 Å². The molecule has 0 aliphatic carbocycles. The van der Waals surface area contributed by atoms with Gasteiger partial charge < -0.3 is 9.47 Å². The molecule has 0 N–H and O–H groups in total. The summed E-state index contributed by atoms with van der Waals surface area (Å²) in [6, 6.07) is 19.1. The van der Waals surface area contributed by atoms with Crippen molar-refractivity contribution in [3.63, 3.8) is 0 Å². The molecule has 180 valence electrons. The van der Waals surface area contributed by atoms with Gasteiger partial charge in [-0.25, -0.2) is 4.98 Å². The number of rotatable bonds is 6. The standard InChI is InChI=1S/C27H25Br2N3O3/c1-27(2,3)26-31-22-11-10-19(28)13-21(22)25(33)32(26)30-15-18-12-20(29)14-23(34-4)24(18)35-16-17-8-6-5-7-9-17/h5-15H,16H2,1-4H3. The second kappa shape index (κ2) is 10.3. The highest BCUT2D eigenvalue weighted by atomic mass is 79.9. The van der Waals surface area contributed by atoms with Crippen molar-refractivity contribution in [2.45, 2.75) is 32.8 Å². The van der Waals surface area contributed by atoms with Gasteiger partial charge in [-0.2, -0.15) is 9.78 Å². The first-order valence-corrected chi connectivity index (χ1v) is 12.6. The van der Waals surface area contributed by atoms with Gasteiger partial charge in [0.15, 0.2) is 11.5 Å². The average molecular weight is 599 g/mol. The van der Waals surface area contributed by atoms with E-state index >= 15 is 0 Å². The molecule has 4 aromatic rings. The van der Waals surface area contributed by atoms with Crippen LogP contribution < -0.4 is 15.0 Å². The Balaban J connectivity index is 1.83. The summed E-state index contributed by atoms with van der Waals surface area (Å²) >= 11 is 6.97. The van der Waals surface area contributed by atoms with Crippen LogP contribution in [-0.2, 0) is 12.0 Å². The van der Waals surface area contributed by atoms with Gasteiger partial charge in [0.25, 0.3) is 5.56 Å². The van der Waals surface area contributed by atoms with Gasteiger partial charge in [0.1, 0.15) is 12.4 Å². The van der Waals surface area contributed by atoms with E-state index in [1.165, 1.54) is 4.68 Å². The third-order valence-electron chi connectivity index (χ3n) is 5.29. The van der Waals surface area contributed by atoms with Gasteiger partial charge in [-0.3, -0.25) is 4.79 Å². The van der Waals surface area contributed by atoms with Crippen LogP contribution in [0.4, 0.5) is 0 Å². The van der Waals surface area contributed by atoms with Crippen LogP contribution in [0, 0.1) is 0 Å². The Morgan fingerprint density at radius 3 is 2.46 bits per heavy atom. The van der Waals surface area contributed by atoms with Crippen molar-refractivity contribution in [3.05, 3.63) is 96.9 Å². The molecule has 0 radical (unpaired) electrons. The Morgan fingerprint density at radius 2 is 1.77 bits per heavy atom. The topological polar surface area (TPSA) is 65.7 Å². The molecule has 0 saturated heterocycles. The summed E-state index contributed by atoms with van der Waals surface area (Å²) in [7, 11) is 1.59. The lowest BCUT2D eigenvalue weighted by Gasteiger charge is -2.21. The fourth-order valence-corrected chi connectivity index (χ4v) is 4.40. The number of aromatic nitrogens is 2. The summed E-state index contributed by atoms with van der Waals surface area (Å²) in [6.45, 7) is 6.37. The fraction of sp³-hybridized carbons (Fsp3) is 0.222. The maximum atomic E-state index is 13.5. The van der Waals surface area contributed by atoms with Crippen molar-refractivity contribution in [1.82, 2.24) is 9.66 Å². The van der Waals surface area contributed by atoms with E-state index in [-0.39, 0.29) is 5.56 Å². The Morgan fingerprint density at radius 1 is 1.03 bits per heavy atom. The molecule has 0 spiro atoms. The molecule has 3 aromatic carbocycles. The van der Waals surface area contributed by atoms with E-state index in [4.69, 9.17) is 14.5 Å². The highest BCUT2D eigenvalue weighted by Crippen LogP contribution is 2.35. The van der Waals surface area contributed by atoms with Crippen molar-refractivity contribution < 1.29 is 9.47 Å². The summed E-state index contributed by atoms with van der Waals surface area (Å²) in [5, 5.41) is 5.08.